The third kappa shape index (κ3) is 78.2. The molecule has 0 heterocycles. The Balaban J connectivity index is 5.17. The van der Waals surface area contributed by atoms with Crippen LogP contribution >= 0.6 is 15.6 Å². The highest BCUT2D eigenvalue weighted by Crippen LogP contribution is 2.45. The zero-order valence-electron chi connectivity index (χ0n) is 68.0. The lowest BCUT2D eigenvalue weighted by Crippen LogP contribution is -2.30. The van der Waals surface area contributed by atoms with E-state index in [-0.39, 0.29) is 25.7 Å². The molecule has 0 aliphatic heterocycles. The summed E-state index contributed by atoms with van der Waals surface area (Å²) in [6, 6.07) is 0. The molecular weight excluding hydrogens is 1350 g/mol. The topological polar surface area (TPSA) is 237 Å². The van der Waals surface area contributed by atoms with Crippen molar-refractivity contribution in [2.45, 2.75) is 483 Å². The average Bonchev–Trinajstić information content (AvgIpc) is 0.908. The highest BCUT2D eigenvalue weighted by molar-refractivity contribution is 7.47. The number of hydrogen-bond donors (Lipinski definition) is 3. The van der Waals surface area contributed by atoms with E-state index in [9.17, 15) is 43.2 Å². The van der Waals surface area contributed by atoms with Crippen molar-refractivity contribution < 1.29 is 80.2 Å². The van der Waals surface area contributed by atoms with E-state index in [1.165, 1.54) is 295 Å². The van der Waals surface area contributed by atoms with E-state index in [0.717, 1.165) is 89.9 Å². The van der Waals surface area contributed by atoms with Gasteiger partial charge in [0.2, 0.25) is 0 Å². The maximum absolute atomic E-state index is 13.1. The number of hydrogen-bond acceptors (Lipinski definition) is 15. The first kappa shape index (κ1) is 102. The Morgan fingerprint density at radius 3 is 0.567 bits per heavy atom. The Morgan fingerprint density at radius 2 is 0.385 bits per heavy atom. The van der Waals surface area contributed by atoms with E-state index < -0.39 is 97.5 Å². The van der Waals surface area contributed by atoms with Crippen molar-refractivity contribution in [3.8, 4) is 0 Å². The minimum absolute atomic E-state index is 0.109. The van der Waals surface area contributed by atoms with Gasteiger partial charge < -0.3 is 33.8 Å². The lowest BCUT2D eigenvalue weighted by Gasteiger charge is -2.21. The van der Waals surface area contributed by atoms with Crippen LogP contribution < -0.4 is 0 Å². The van der Waals surface area contributed by atoms with Crippen molar-refractivity contribution in [1.82, 2.24) is 0 Å². The molecule has 0 aliphatic carbocycles. The van der Waals surface area contributed by atoms with Gasteiger partial charge in [-0.15, -0.1) is 0 Å². The number of esters is 4. The predicted octanol–water partition coefficient (Wildman–Crippen LogP) is 26.1. The Hall–Kier alpha value is -1.94. The molecule has 0 rings (SSSR count). The minimum atomic E-state index is -4.96. The van der Waals surface area contributed by atoms with E-state index in [4.69, 9.17) is 37.0 Å². The van der Waals surface area contributed by atoms with Gasteiger partial charge in [-0.2, -0.15) is 0 Å². The zero-order valence-corrected chi connectivity index (χ0v) is 69.8. The SMILES string of the molecule is CCCCCCCCCCCCCCCCCCCCCCCCC(=O)O[C@H](COC(=O)CCCCCCCCCCCCCCCCCCCC)COP(=O)(O)OC[C@@H](O)COP(=O)(O)OC[C@@H](COC(=O)CCCCCCCCCC)OC(=O)CCCCCCCCCCCCCCCCCC. The number of unbranched alkanes of at least 4 members (excludes halogenated alkanes) is 60. The standard InChI is InChI=1S/C85H166O17P2/c1-5-9-13-17-21-25-28-31-34-37-39-40-41-42-44-47-50-53-56-60-64-68-72-85(90)102-81(76-96-83(88)70-66-62-58-54-51-48-46-43-38-35-32-29-26-22-18-14-10-6-2)78-100-104(93,94)98-74-79(86)73-97-103(91,92)99-77-80(75-95-82(87)69-65-61-57-24-20-16-12-8-4)101-84(89)71-67-63-59-55-52-49-45-36-33-30-27-23-19-15-11-7-3/h79-81,86H,5-78H2,1-4H3,(H,91,92)(H,93,94)/t79-,80+,81+/m0/s1. The fraction of sp³-hybridized carbons (Fsp3) is 0.953. The summed E-state index contributed by atoms with van der Waals surface area (Å²) in [5.41, 5.74) is 0. The minimum Gasteiger partial charge on any atom is -0.462 e. The van der Waals surface area contributed by atoms with Gasteiger partial charge in [0.15, 0.2) is 12.2 Å². The van der Waals surface area contributed by atoms with E-state index in [0.29, 0.717) is 25.7 Å². The molecule has 19 heteroatoms. The third-order valence-corrected chi connectivity index (χ3v) is 22.0. The van der Waals surface area contributed by atoms with Gasteiger partial charge in [-0.1, -0.05) is 413 Å². The van der Waals surface area contributed by atoms with Crippen molar-refractivity contribution in [1.29, 1.82) is 0 Å². The van der Waals surface area contributed by atoms with Crippen LogP contribution in [0, 0.1) is 0 Å². The van der Waals surface area contributed by atoms with Crippen LogP contribution in [0.4, 0.5) is 0 Å². The maximum Gasteiger partial charge on any atom is 0.472 e. The average molecular weight is 1520 g/mol. The summed E-state index contributed by atoms with van der Waals surface area (Å²) >= 11 is 0. The molecule has 0 saturated heterocycles. The maximum atomic E-state index is 13.1. The van der Waals surface area contributed by atoms with Crippen LogP contribution in [0.25, 0.3) is 0 Å². The van der Waals surface area contributed by atoms with Crippen LogP contribution in [0.2, 0.25) is 0 Å². The van der Waals surface area contributed by atoms with Gasteiger partial charge in [0.1, 0.15) is 19.3 Å². The third-order valence-electron chi connectivity index (χ3n) is 20.1. The van der Waals surface area contributed by atoms with E-state index in [2.05, 4.69) is 27.7 Å². The fourth-order valence-corrected chi connectivity index (χ4v) is 14.9. The molecular formula is C85H166O17P2. The van der Waals surface area contributed by atoms with Gasteiger partial charge in [-0.3, -0.25) is 37.3 Å². The lowest BCUT2D eigenvalue weighted by atomic mass is 10.0. The quantitative estimate of drug-likeness (QED) is 0.0222. The number of rotatable bonds is 86. The molecule has 0 radical (unpaired) electrons. The van der Waals surface area contributed by atoms with Crippen LogP contribution in [-0.4, -0.2) is 96.7 Å². The Labute approximate surface area is 638 Å². The molecule has 0 aromatic carbocycles. The van der Waals surface area contributed by atoms with Crippen LogP contribution in [0.3, 0.4) is 0 Å². The predicted molar refractivity (Wildman–Crippen MR) is 428 cm³/mol. The van der Waals surface area contributed by atoms with E-state index in [1.807, 2.05) is 0 Å². The highest BCUT2D eigenvalue weighted by atomic mass is 31.2. The second-order valence-electron chi connectivity index (χ2n) is 30.6. The number of ether oxygens (including phenoxy) is 4. The first-order chi connectivity index (χ1) is 50.7. The van der Waals surface area contributed by atoms with Crippen molar-refractivity contribution in [3.05, 3.63) is 0 Å². The zero-order chi connectivity index (χ0) is 76.0. The van der Waals surface area contributed by atoms with Gasteiger partial charge in [0, 0.05) is 25.7 Å². The Morgan fingerprint density at radius 1 is 0.231 bits per heavy atom. The summed E-state index contributed by atoms with van der Waals surface area (Å²) < 4.78 is 68.8. The van der Waals surface area contributed by atoms with Gasteiger partial charge in [-0.05, 0) is 25.7 Å². The highest BCUT2D eigenvalue weighted by Gasteiger charge is 2.30. The summed E-state index contributed by atoms with van der Waals surface area (Å²) in [7, 11) is -9.92. The largest absolute Gasteiger partial charge is 0.472 e. The van der Waals surface area contributed by atoms with Gasteiger partial charge in [0.05, 0.1) is 26.4 Å². The molecule has 104 heavy (non-hydrogen) atoms. The second-order valence-corrected chi connectivity index (χ2v) is 33.5. The van der Waals surface area contributed by atoms with Gasteiger partial charge >= 0.3 is 39.5 Å². The van der Waals surface area contributed by atoms with Gasteiger partial charge in [-0.25, -0.2) is 9.13 Å². The molecule has 0 aliphatic rings. The first-order valence-corrected chi connectivity index (χ1v) is 47.3. The molecule has 0 fully saturated rings. The van der Waals surface area contributed by atoms with Gasteiger partial charge in [0.25, 0.3) is 0 Å². The number of phosphoric ester groups is 2. The second kappa shape index (κ2) is 79.2. The molecule has 0 amide bonds. The molecule has 0 bridgehead atoms. The van der Waals surface area contributed by atoms with Crippen molar-refractivity contribution in [3.63, 3.8) is 0 Å². The molecule has 618 valence electrons. The molecule has 0 spiro atoms. The number of aliphatic hydroxyl groups excluding tert-OH is 1. The number of carbonyl (C=O) groups is 4. The normalized spacial score (nSPS) is 13.7. The first-order valence-electron chi connectivity index (χ1n) is 44.3. The van der Waals surface area contributed by atoms with Crippen molar-refractivity contribution >= 4 is 39.5 Å². The van der Waals surface area contributed by atoms with Crippen molar-refractivity contribution in [2.24, 2.45) is 0 Å². The number of phosphoric acid groups is 2. The van der Waals surface area contributed by atoms with Crippen LogP contribution in [0.15, 0.2) is 0 Å². The Bertz CT molecular complexity index is 1960. The molecule has 3 N–H and O–H groups in total. The monoisotopic (exact) mass is 1520 g/mol. The number of aliphatic hydroxyl groups is 1. The van der Waals surface area contributed by atoms with E-state index >= 15 is 0 Å². The Kier molecular flexibility index (Phi) is 77.7. The summed E-state index contributed by atoms with van der Waals surface area (Å²) in [5, 5.41) is 10.7. The summed E-state index contributed by atoms with van der Waals surface area (Å²) in [5.74, 6) is -2.10. The molecule has 0 aromatic heterocycles. The molecule has 5 atom stereocenters. The molecule has 0 aromatic rings. The van der Waals surface area contributed by atoms with Crippen LogP contribution in [0.1, 0.15) is 464 Å². The molecule has 17 nitrogen and oxygen atoms in total. The summed E-state index contributed by atoms with van der Waals surface area (Å²) in [6.45, 7) is 5.02. The summed E-state index contributed by atoms with van der Waals surface area (Å²) in [4.78, 5) is 73.1. The van der Waals surface area contributed by atoms with E-state index in [1.54, 1.807) is 0 Å². The van der Waals surface area contributed by atoms with Crippen LogP contribution in [-0.2, 0) is 65.4 Å². The smallest absolute Gasteiger partial charge is 0.462 e. The lowest BCUT2D eigenvalue weighted by molar-refractivity contribution is -0.161. The molecule has 0 saturated carbocycles. The van der Waals surface area contributed by atoms with Crippen LogP contribution in [0.5, 0.6) is 0 Å². The molecule has 2 unspecified atom stereocenters. The summed E-state index contributed by atoms with van der Waals surface area (Å²) in [6.07, 6.45) is 73.8. The fourth-order valence-electron chi connectivity index (χ4n) is 13.3. The van der Waals surface area contributed by atoms with Crippen molar-refractivity contribution in [2.75, 3.05) is 39.6 Å². The number of carbonyl (C=O) groups excluding carboxylic acids is 4.